The third kappa shape index (κ3) is 3.25. The second-order valence-corrected chi connectivity index (χ2v) is 3.35. The lowest BCUT2D eigenvalue weighted by molar-refractivity contribution is 0.435. The summed E-state index contributed by atoms with van der Waals surface area (Å²) in [7, 11) is 0. The van der Waals surface area contributed by atoms with Crippen LogP contribution in [-0.2, 0) is 0 Å². The van der Waals surface area contributed by atoms with Gasteiger partial charge in [0.2, 0.25) is 0 Å². The van der Waals surface area contributed by atoms with E-state index in [1.165, 1.54) is 0 Å². The molecule has 0 aliphatic heterocycles. The van der Waals surface area contributed by atoms with Crippen LogP contribution in [0.15, 0.2) is 12.7 Å². The Kier molecular flexibility index (Phi) is 3.38. The fourth-order valence-corrected chi connectivity index (χ4v) is 0.674. The van der Waals surface area contributed by atoms with Gasteiger partial charge in [-0.15, -0.1) is 6.58 Å². The minimum Gasteiger partial charge on any atom is -0.103 e. The predicted molar refractivity (Wildman–Crippen MR) is 42.4 cm³/mol. The van der Waals surface area contributed by atoms with Gasteiger partial charge in [-0.05, 0) is 11.8 Å². The maximum Gasteiger partial charge on any atom is 0.00856 e. The first-order chi connectivity index (χ1) is 3.62. The van der Waals surface area contributed by atoms with Crippen molar-refractivity contribution in [3.05, 3.63) is 12.7 Å². The van der Waals surface area contributed by atoms with Crippen molar-refractivity contribution >= 4 is 15.9 Å². The standard InChI is InChI=1S/C7H13Br/c1-4-5-7(2,3)6-8/h4H,1,5-6H2,2-3H3. The van der Waals surface area contributed by atoms with Gasteiger partial charge in [-0.3, -0.25) is 0 Å². The van der Waals surface area contributed by atoms with E-state index in [1.807, 2.05) is 6.08 Å². The van der Waals surface area contributed by atoms with Gasteiger partial charge in [-0.2, -0.15) is 0 Å². The van der Waals surface area contributed by atoms with Gasteiger partial charge in [0.15, 0.2) is 0 Å². The number of hydrogen-bond acceptors (Lipinski definition) is 0. The van der Waals surface area contributed by atoms with Gasteiger partial charge in [0.1, 0.15) is 0 Å². The van der Waals surface area contributed by atoms with Crippen molar-refractivity contribution in [3.8, 4) is 0 Å². The molecule has 0 saturated carbocycles. The first-order valence-electron chi connectivity index (χ1n) is 2.79. The molecule has 0 unspecified atom stereocenters. The highest BCUT2D eigenvalue weighted by Crippen LogP contribution is 2.22. The summed E-state index contributed by atoms with van der Waals surface area (Å²) in [6, 6.07) is 0. The average molecular weight is 177 g/mol. The fourth-order valence-electron chi connectivity index (χ4n) is 0.445. The van der Waals surface area contributed by atoms with E-state index < -0.39 is 0 Å². The van der Waals surface area contributed by atoms with E-state index in [0.29, 0.717) is 5.41 Å². The van der Waals surface area contributed by atoms with Crippen LogP contribution >= 0.6 is 15.9 Å². The molecule has 0 N–H and O–H groups in total. The molecule has 8 heavy (non-hydrogen) atoms. The van der Waals surface area contributed by atoms with Crippen molar-refractivity contribution < 1.29 is 0 Å². The molecule has 0 amide bonds. The van der Waals surface area contributed by atoms with Gasteiger partial charge in [-0.1, -0.05) is 35.9 Å². The first kappa shape index (κ1) is 8.22. The lowest BCUT2D eigenvalue weighted by Crippen LogP contribution is -2.10. The number of allylic oxidation sites excluding steroid dienone is 1. The highest BCUT2D eigenvalue weighted by atomic mass is 79.9. The lowest BCUT2D eigenvalue weighted by Gasteiger charge is -2.18. The van der Waals surface area contributed by atoms with Gasteiger partial charge >= 0.3 is 0 Å². The third-order valence-electron chi connectivity index (χ3n) is 1.06. The molecular weight excluding hydrogens is 164 g/mol. The maximum atomic E-state index is 3.67. The molecular formula is C7H13Br. The van der Waals surface area contributed by atoms with Crippen molar-refractivity contribution in [2.24, 2.45) is 5.41 Å². The second kappa shape index (κ2) is 3.29. The van der Waals surface area contributed by atoms with Crippen LogP contribution < -0.4 is 0 Å². The Morgan fingerprint density at radius 3 is 2.25 bits per heavy atom. The monoisotopic (exact) mass is 176 g/mol. The number of halogens is 1. The Balaban J connectivity index is 3.53. The van der Waals surface area contributed by atoms with Gasteiger partial charge in [-0.25, -0.2) is 0 Å². The molecule has 48 valence electrons. The molecule has 1 heteroatoms. The van der Waals surface area contributed by atoms with Crippen LogP contribution in [0.4, 0.5) is 0 Å². The van der Waals surface area contributed by atoms with Gasteiger partial charge < -0.3 is 0 Å². The molecule has 0 bridgehead atoms. The number of rotatable bonds is 3. The average Bonchev–Trinajstić information content (AvgIpc) is 1.67. The molecule has 0 aliphatic carbocycles. The van der Waals surface area contributed by atoms with Crippen LogP contribution in [0.1, 0.15) is 20.3 Å². The largest absolute Gasteiger partial charge is 0.103 e. The zero-order chi connectivity index (χ0) is 6.62. The van der Waals surface area contributed by atoms with Gasteiger partial charge in [0.05, 0.1) is 0 Å². The maximum absolute atomic E-state index is 3.67. The van der Waals surface area contributed by atoms with Gasteiger partial charge in [0.25, 0.3) is 0 Å². The quantitative estimate of drug-likeness (QED) is 0.459. The molecule has 0 aromatic rings. The summed E-state index contributed by atoms with van der Waals surface area (Å²) in [4.78, 5) is 0. The molecule has 0 atom stereocenters. The molecule has 0 aliphatic rings. The normalized spacial score (nSPS) is 11.4. The van der Waals surface area contributed by atoms with E-state index in [4.69, 9.17) is 0 Å². The Bertz CT molecular complexity index is 74.5. The summed E-state index contributed by atoms with van der Waals surface area (Å²) in [5, 5.41) is 1.05. The van der Waals surface area contributed by atoms with Crippen LogP contribution in [0.3, 0.4) is 0 Å². The molecule has 0 rings (SSSR count). The topological polar surface area (TPSA) is 0 Å². The second-order valence-electron chi connectivity index (χ2n) is 2.79. The highest BCUT2D eigenvalue weighted by molar-refractivity contribution is 9.09. The number of alkyl halides is 1. The first-order valence-corrected chi connectivity index (χ1v) is 3.91. The summed E-state index contributed by atoms with van der Waals surface area (Å²) < 4.78 is 0. The molecule has 0 aromatic carbocycles. The summed E-state index contributed by atoms with van der Waals surface area (Å²) in [6.07, 6.45) is 3.04. The Morgan fingerprint density at radius 1 is 1.62 bits per heavy atom. The third-order valence-corrected chi connectivity index (χ3v) is 2.58. The molecule has 0 aromatic heterocycles. The van der Waals surface area contributed by atoms with E-state index in [2.05, 4.69) is 36.4 Å². The Hall–Kier alpha value is 0.220. The molecule has 0 heterocycles. The smallest absolute Gasteiger partial charge is 0.00856 e. The van der Waals surface area contributed by atoms with Crippen LogP contribution in [0.2, 0.25) is 0 Å². The van der Waals surface area contributed by atoms with Crippen molar-refractivity contribution in [1.29, 1.82) is 0 Å². The van der Waals surface area contributed by atoms with E-state index >= 15 is 0 Å². The van der Waals surface area contributed by atoms with E-state index in [1.54, 1.807) is 0 Å². The summed E-state index contributed by atoms with van der Waals surface area (Å²) in [5.74, 6) is 0. The highest BCUT2D eigenvalue weighted by Gasteiger charge is 2.12. The number of hydrogen-bond donors (Lipinski definition) is 0. The minimum atomic E-state index is 0.391. The molecule has 0 radical (unpaired) electrons. The Labute approximate surface area is 60.1 Å². The van der Waals surface area contributed by atoms with Crippen LogP contribution in [-0.4, -0.2) is 5.33 Å². The SMILES string of the molecule is C=CCC(C)(C)CBr. The van der Waals surface area contributed by atoms with Crippen LogP contribution in [0.25, 0.3) is 0 Å². The van der Waals surface area contributed by atoms with Crippen LogP contribution in [0.5, 0.6) is 0 Å². The molecule has 0 saturated heterocycles. The van der Waals surface area contributed by atoms with Crippen molar-refractivity contribution in [3.63, 3.8) is 0 Å². The van der Waals surface area contributed by atoms with E-state index in [9.17, 15) is 0 Å². The summed E-state index contributed by atoms with van der Waals surface area (Å²) >= 11 is 3.42. The van der Waals surface area contributed by atoms with Crippen molar-refractivity contribution in [1.82, 2.24) is 0 Å². The van der Waals surface area contributed by atoms with Crippen molar-refractivity contribution in [2.75, 3.05) is 5.33 Å². The predicted octanol–water partition coefficient (Wildman–Crippen LogP) is 2.98. The fraction of sp³-hybridized carbons (Fsp3) is 0.714. The minimum absolute atomic E-state index is 0.391. The summed E-state index contributed by atoms with van der Waals surface area (Å²) in [6.45, 7) is 8.10. The van der Waals surface area contributed by atoms with Gasteiger partial charge in [0, 0.05) is 5.33 Å². The van der Waals surface area contributed by atoms with E-state index in [0.717, 1.165) is 11.8 Å². The molecule has 0 nitrogen and oxygen atoms in total. The molecule has 0 spiro atoms. The zero-order valence-electron chi connectivity index (χ0n) is 5.58. The molecule has 0 fully saturated rings. The summed E-state index contributed by atoms with van der Waals surface area (Å²) in [5.41, 5.74) is 0.391. The van der Waals surface area contributed by atoms with Crippen LogP contribution in [0, 0.1) is 5.41 Å². The van der Waals surface area contributed by atoms with E-state index in [-0.39, 0.29) is 0 Å². The zero-order valence-corrected chi connectivity index (χ0v) is 7.16. The van der Waals surface area contributed by atoms with Crippen molar-refractivity contribution in [2.45, 2.75) is 20.3 Å². The Morgan fingerprint density at radius 2 is 2.12 bits per heavy atom. The lowest BCUT2D eigenvalue weighted by atomic mass is 9.93.